The molecule has 3 aromatic carbocycles. The van der Waals surface area contributed by atoms with Gasteiger partial charge in [0.05, 0.1) is 33.7 Å². The van der Waals surface area contributed by atoms with Gasteiger partial charge >= 0.3 is 0 Å². The number of nitrogens with one attached hydrogen (secondary N) is 2. The lowest BCUT2D eigenvalue weighted by molar-refractivity contribution is -0.386. The number of nitro groups is 1. The second-order valence-electron chi connectivity index (χ2n) is 19.2. The first-order valence-electron chi connectivity index (χ1n) is 22.7. The highest BCUT2D eigenvalue weighted by Crippen LogP contribution is 2.44. The van der Waals surface area contributed by atoms with Crippen molar-refractivity contribution in [2.24, 2.45) is 17.3 Å². The Bertz CT molecular complexity index is 2980. The number of nitrogens with zero attached hydrogens (tertiary/aromatic N) is 5. The number of hydrogen-bond acceptors (Lipinski definition) is 11. The molecule has 1 aliphatic carbocycles. The number of H-pyrrole nitrogens is 1. The molecule has 1 amide bonds. The number of hydrogen-bond donors (Lipinski definition) is 2. The fourth-order valence-electron chi connectivity index (χ4n) is 10.0. The molecule has 18 heteroatoms. The number of aromatic nitrogens is 2. The van der Waals surface area contributed by atoms with Crippen LogP contribution < -0.4 is 19.1 Å². The highest BCUT2D eigenvalue weighted by molar-refractivity contribution is 7.97. The van der Waals surface area contributed by atoms with E-state index in [4.69, 9.17) is 21.1 Å². The Hall–Kier alpha value is -5.46. The first kappa shape index (κ1) is 46.6. The minimum atomic E-state index is -4.66. The van der Waals surface area contributed by atoms with Gasteiger partial charge in [0.25, 0.3) is 21.6 Å². The molecular formula is C49H56ClN7O8S2. The number of fused-ring (bicyclic) bond motifs is 2. The van der Waals surface area contributed by atoms with Gasteiger partial charge in [0.1, 0.15) is 22.9 Å². The van der Waals surface area contributed by atoms with Gasteiger partial charge in [-0.25, -0.2) is 22.4 Å². The van der Waals surface area contributed by atoms with Crippen LogP contribution in [0.1, 0.15) is 67.4 Å². The molecule has 9 rings (SSSR count). The van der Waals surface area contributed by atoms with Crippen molar-refractivity contribution >= 4 is 71.1 Å². The largest absolute Gasteiger partial charge is 0.493 e. The number of carbonyl (C=O) groups excluding carboxylic acids is 1. The van der Waals surface area contributed by atoms with Gasteiger partial charge in [0.2, 0.25) is 0 Å². The molecule has 0 bridgehead atoms. The Morgan fingerprint density at radius 3 is 2.48 bits per heavy atom. The van der Waals surface area contributed by atoms with Crippen molar-refractivity contribution in [3.63, 3.8) is 0 Å². The maximum atomic E-state index is 14.1. The van der Waals surface area contributed by atoms with Crippen molar-refractivity contribution in [3.8, 4) is 17.2 Å². The molecular weight excluding hydrogens is 914 g/mol. The normalized spacial score (nSPS) is 20.5. The van der Waals surface area contributed by atoms with E-state index in [0.29, 0.717) is 49.6 Å². The number of pyridine rings is 1. The van der Waals surface area contributed by atoms with Crippen molar-refractivity contribution < 1.29 is 31.8 Å². The van der Waals surface area contributed by atoms with Gasteiger partial charge in [-0.1, -0.05) is 43.2 Å². The van der Waals surface area contributed by atoms with Crippen LogP contribution in [0.25, 0.3) is 16.6 Å². The fourth-order valence-corrected chi connectivity index (χ4v) is 12.1. The topological polar surface area (TPSA) is 180 Å². The molecule has 5 heterocycles. The fraction of sp³-hybridized carbons (Fsp3) is 0.408. The molecule has 0 saturated carbocycles. The third-order valence-electron chi connectivity index (χ3n) is 13.9. The number of aromatic amines is 1. The number of carbonyl (C=O) groups is 1. The summed E-state index contributed by atoms with van der Waals surface area (Å²) >= 11 is 6.25. The van der Waals surface area contributed by atoms with Crippen molar-refractivity contribution in [1.29, 1.82) is 0 Å². The number of ether oxygens (including phenoxy) is 2. The van der Waals surface area contributed by atoms with Crippen LogP contribution in [-0.4, -0.2) is 107 Å². The van der Waals surface area contributed by atoms with E-state index in [1.54, 1.807) is 30.7 Å². The molecule has 2 fully saturated rings. The summed E-state index contributed by atoms with van der Waals surface area (Å²) in [4.78, 5) is 37.7. The molecule has 2 aromatic heterocycles. The van der Waals surface area contributed by atoms with E-state index in [-0.39, 0.29) is 40.9 Å². The molecule has 0 spiro atoms. The van der Waals surface area contributed by atoms with Crippen LogP contribution in [0.5, 0.6) is 17.2 Å². The van der Waals surface area contributed by atoms with Gasteiger partial charge < -0.3 is 19.4 Å². The number of benzene rings is 3. The van der Waals surface area contributed by atoms with Gasteiger partial charge in [-0.15, -0.1) is 0 Å². The minimum absolute atomic E-state index is 0.0485. The maximum absolute atomic E-state index is 14.1. The number of allylic oxidation sites excluding steroid dienone is 1. The van der Waals surface area contributed by atoms with E-state index in [9.17, 15) is 27.5 Å². The van der Waals surface area contributed by atoms with Gasteiger partial charge in [-0.2, -0.15) is 0 Å². The summed E-state index contributed by atoms with van der Waals surface area (Å²) in [5.41, 5.74) is 5.60. The lowest BCUT2D eigenvalue weighted by Crippen LogP contribution is -2.47. The van der Waals surface area contributed by atoms with Crippen LogP contribution >= 0.6 is 11.6 Å². The third kappa shape index (κ3) is 10.4. The molecule has 2 atom stereocenters. The smallest absolute Gasteiger partial charge is 0.277 e. The predicted octanol–water partition coefficient (Wildman–Crippen LogP) is 8.35. The number of piperazine rings is 1. The SMILES string of the molecule is C=S(C)(=O)N1CCC([C@H]2COc3cc(S(=O)(=O)NC(=O)c4ccc(N5CCN(CC6=C(c7ccc(Cl)cc7)CC(C)(C)CC6)CC5)cc4Oc4cnc5[nH]ccc5c4)cc([N+](=O)[O-])c3C2)CC1. The zero-order valence-corrected chi connectivity index (χ0v) is 40.4. The molecule has 15 nitrogen and oxygen atoms in total. The van der Waals surface area contributed by atoms with E-state index in [1.807, 2.05) is 22.5 Å². The van der Waals surface area contributed by atoms with E-state index < -0.39 is 41.1 Å². The second-order valence-corrected chi connectivity index (χ2v) is 23.7. The Morgan fingerprint density at radius 2 is 1.76 bits per heavy atom. The minimum Gasteiger partial charge on any atom is -0.493 e. The van der Waals surface area contributed by atoms with E-state index in [2.05, 4.69) is 56.3 Å². The average molecular weight is 971 g/mol. The Morgan fingerprint density at radius 1 is 1.01 bits per heavy atom. The van der Waals surface area contributed by atoms with Crippen molar-refractivity contribution in [3.05, 3.63) is 117 Å². The first-order chi connectivity index (χ1) is 31.9. The zero-order chi connectivity index (χ0) is 47.3. The molecule has 2 N–H and O–H groups in total. The number of halogens is 1. The highest BCUT2D eigenvalue weighted by Gasteiger charge is 2.37. The molecule has 0 radical (unpaired) electrons. The summed E-state index contributed by atoms with van der Waals surface area (Å²) < 4.78 is 56.9. The summed E-state index contributed by atoms with van der Waals surface area (Å²) in [5, 5.41) is 14.0. The van der Waals surface area contributed by atoms with Crippen LogP contribution in [0.15, 0.2) is 89.6 Å². The lowest BCUT2D eigenvalue weighted by Gasteiger charge is -2.39. The quantitative estimate of drug-likeness (QED) is 0.0697. The Balaban J connectivity index is 0.932. The number of nitro benzene ring substituents is 1. The van der Waals surface area contributed by atoms with Gasteiger partial charge in [-0.05, 0) is 103 Å². The van der Waals surface area contributed by atoms with Crippen LogP contribution in [-0.2, 0) is 26.2 Å². The molecule has 1 unspecified atom stereocenters. The summed E-state index contributed by atoms with van der Waals surface area (Å²) in [7, 11) is -6.99. The van der Waals surface area contributed by atoms with E-state index in [0.717, 1.165) is 73.9 Å². The molecule has 3 aliphatic heterocycles. The van der Waals surface area contributed by atoms with E-state index in [1.165, 1.54) is 35.0 Å². The predicted molar refractivity (Wildman–Crippen MR) is 263 cm³/mol. The van der Waals surface area contributed by atoms with Crippen LogP contribution in [0.3, 0.4) is 0 Å². The first-order valence-corrected chi connectivity index (χ1v) is 26.6. The molecule has 354 valence electrons. The summed E-state index contributed by atoms with van der Waals surface area (Å²) in [6.07, 6.45) is 9.86. The average Bonchev–Trinajstić information content (AvgIpc) is 3.77. The third-order valence-corrected chi connectivity index (χ3v) is 16.9. The van der Waals surface area contributed by atoms with Gasteiger partial charge in [0, 0.05) is 108 Å². The molecule has 4 aliphatic rings. The summed E-state index contributed by atoms with van der Waals surface area (Å²) in [5.74, 6) is 3.48. The number of piperidine rings is 1. The second kappa shape index (κ2) is 18.6. The van der Waals surface area contributed by atoms with Crippen LogP contribution in [0, 0.1) is 27.4 Å². The number of anilines is 1. The lowest BCUT2D eigenvalue weighted by atomic mass is 9.72. The van der Waals surface area contributed by atoms with Gasteiger partial charge in [0.15, 0.2) is 0 Å². The van der Waals surface area contributed by atoms with Gasteiger partial charge in [-0.3, -0.25) is 24.0 Å². The highest BCUT2D eigenvalue weighted by atomic mass is 35.5. The summed E-state index contributed by atoms with van der Waals surface area (Å²) in [6, 6.07) is 19.1. The molecule has 5 aromatic rings. The molecule has 67 heavy (non-hydrogen) atoms. The number of rotatable bonds is 12. The monoisotopic (exact) mass is 969 g/mol. The number of sulfonamides is 1. The molecule has 2 saturated heterocycles. The van der Waals surface area contributed by atoms with Crippen molar-refractivity contribution in [1.82, 2.24) is 23.9 Å². The Labute approximate surface area is 396 Å². The zero-order valence-electron chi connectivity index (χ0n) is 38.0. The number of amides is 1. The summed E-state index contributed by atoms with van der Waals surface area (Å²) in [6.45, 7) is 10.0. The van der Waals surface area contributed by atoms with E-state index >= 15 is 0 Å². The van der Waals surface area contributed by atoms with Crippen LogP contribution in [0.4, 0.5) is 11.4 Å². The van der Waals surface area contributed by atoms with Crippen LogP contribution in [0.2, 0.25) is 5.02 Å². The standard InChI is InChI=1S/C49H56ClN7O8S2/c1-49(2)15-11-35(43(28-49)33-5-7-37(50)8-6-33)30-54-19-21-55(22-20-54)38-9-10-41(46(25-38)65-39-23-34-12-16-51-47(34)52-29-39)48(58)53-67(62,63)40-26-44(57(59)60)42-24-36(31-64-45(42)27-40)32-13-17-56(18-14-32)66(3,4)61/h5-10,12,16,23,25-27,29,32,36H,3,11,13-15,17-22,24,28,30-31H2,1-2,4H3,(H,51,52)(H,53,58)/t36-,66?/m1/s1. The van der Waals surface area contributed by atoms with Crippen molar-refractivity contribution in [2.75, 3.05) is 63.6 Å². The maximum Gasteiger partial charge on any atom is 0.277 e. The van der Waals surface area contributed by atoms with Crippen molar-refractivity contribution in [2.45, 2.75) is 57.3 Å². The Kier molecular flexibility index (Phi) is 12.9.